The van der Waals surface area contributed by atoms with Crippen LogP contribution in [0.15, 0.2) is 59.6 Å². The van der Waals surface area contributed by atoms with E-state index in [0.29, 0.717) is 17.3 Å². The zero-order chi connectivity index (χ0) is 18.6. The zero-order valence-corrected chi connectivity index (χ0v) is 15.6. The van der Waals surface area contributed by atoms with Crippen molar-refractivity contribution < 1.29 is 13.2 Å². The first-order valence-corrected chi connectivity index (χ1v) is 9.77. The number of benzene rings is 2. The number of pyridine rings is 1. The average Bonchev–Trinajstić information content (AvgIpc) is 2.65. The van der Waals surface area contributed by atoms with E-state index in [9.17, 15) is 8.42 Å². The number of methoxy groups -OCH3 is 1. The number of halogens is 1. The van der Waals surface area contributed by atoms with Crippen LogP contribution in [-0.2, 0) is 10.0 Å². The summed E-state index contributed by atoms with van der Waals surface area (Å²) in [6.45, 7) is 0.670. The van der Waals surface area contributed by atoms with Crippen LogP contribution in [0.3, 0.4) is 0 Å². The van der Waals surface area contributed by atoms with Gasteiger partial charge in [-0.2, -0.15) is 0 Å². The van der Waals surface area contributed by atoms with Crippen molar-refractivity contribution in [3.8, 4) is 5.75 Å². The van der Waals surface area contributed by atoms with Crippen LogP contribution in [-0.4, -0.2) is 33.6 Å². The summed E-state index contributed by atoms with van der Waals surface area (Å²) in [7, 11) is -2.03. The third-order valence-corrected chi connectivity index (χ3v) is 5.52. The Hall–Kier alpha value is -2.35. The van der Waals surface area contributed by atoms with Crippen LogP contribution in [0.2, 0.25) is 5.02 Å². The molecule has 0 aliphatic rings. The molecular weight excluding hydrogens is 374 g/mol. The van der Waals surface area contributed by atoms with Gasteiger partial charge in [0.15, 0.2) is 0 Å². The molecule has 0 spiro atoms. The highest BCUT2D eigenvalue weighted by atomic mass is 35.5. The largest absolute Gasteiger partial charge is 0.497 e. The topological polar surface area (TPSA) is 80.3 Å². The molecule has 6 nitrogen and oxygen atoms in total. The first-order chi connectivity index (χ1) is 12.5. The second-order valence-electron chi connectivity index (χ2n) is 5.52. The summed E-state index contributed by atoms with van der Waals surface area (Å²) in [5, 5.41) is 4.77. The van der Waals surface area contributed by atoms with Crippen LogP contribution in [0.5, 0.6) is 5.75 Å². The third-order valence-electron chi connectivity index (χ3n) is 3.81. The van der Waals surface area contributed by atoms with E-state index in [1.54, 1.807) is 30.5 Å². The number of nitrogens with one attached hydrogen (secondary N) is 2. The van der Waals surface area contributed by atoms with Crippen molar-refractivity contribution in [2.24, 2.45) is 0 Å². The second-order valence-corrected chi connectivity index (χ2v) is 7.72. The van der Waals surface area contributed by atoms with Gasteiger partial charge in [-0.25, -0.2) is 13.1 Å². The zero-order valence-electron chi connectivity index (χ0n) is 14.1. The lowest BCUT2D eigenvalue weighted by molar-refractivity contribution is 0.414. The van der Waals surface area contributed by atoms with Crippen LogP contribution in [0.25, 0.3) is 10.9 Å². The van der Waals surface area contributed by atoms with E-state index in [4.69, 9.17) is 16.3 Å². The molecule has 8 heteroatoms. The molecule has 0 bridgehead atoms. The number of hydrogen-bond donors (Lipinski definition) is 2. The second kappa shape index (κ2) is 7.90. The highest BCUT2D eigenvalue weighted by molar-refractivity contribution is 7.89. The molecule has 2 aromatic carbocycles. The molecule has 26 heavy (non-hydrogen) atoms. The Morgan fingerprint density at radius 3 is 2.58 bits per heavy atom. The Kier molecular flexibility index (Phi) is 5.61. The highest BCUT2D eigenvalue weighted by Crippen LogP contribution is 2.24. The third kappa shape index (κ3) is 4.24. The summed E-state index contributed by atoms with van der Waals surface area (Å²) in [5.74, 6) is 0.607. The van der Waals surface area contributed by atoms with Gasteiger partial charge in [-0.05, 0) is 48.5 Å². The van der Waals surface area contributed by atoms with E-state index in [1.165, 1.54) is 19.2 Å². The molecule has 0 atom stereocenters. The van der Waals surface area contributed by atoms with E-state index < -0.39 is 10.0 Å². The summed E-state index contributed by atoms with van der Waals surface area (Å²) < 4.78 is 32.2. The first kappa shape index (κ1) is 18.4. The average molecular weight is 392 g/mol. The fraction of sp³-hybridized carbons (Fsp3) is 0.167. The molecular formula is C18H18ClN3O3S. The van der Waals surface area contributed by atoms with Crippen molar-refractivity contribution in [1.82, 2.24) is 9.71 Å². The molecule has 0 aliphatic heterocycles. The number of anilines is 1. The van der Waals surface area contributed by atoms with E-state index in [1.807, 2.05) is 12.1 Å². The van der Waals surface area contributed by atoms with Gasteiger partial charge >= 0.3 is 0 Å². The standard InChI is InChI=1S/C18H18ClN3O3S/c1-25-14-3-5-15(6-4-14)26(23,24)22-11-10-21-17-8-9-20-18-12-13(19)2-7-16(17)18/h2-9,12,22H,10-11H2,1H3,(H,20,21). The molecule has 1 heterocycles. The lowest BCUT2D eigenvalue weighted by atomic mass is 10.2. The van der Waals surface area contributed by atoms with E-state index in [2.05, 4.69) is 15.0 Å². The molecule has 0 radical (unpaired) electrons. The molecule has 0 unspecified atom stereocenters. The minimum absolute atomic E-state index is 0.197. The van der Waals surface area contributed by atoms with Gasteiger partial charge < -0.3 is 10.1 Å². The van der Waals surface area contributed by atoms with Crippen LogP contribution in [0.4, 0.5) is 5.69 Å². The molecule has 0 amide bonds. The maximum Gasteiger partial charge on any atom is 0.240 e. The van der Waals surface area contributed by atoms with E-state index in [0.717, 1.165) is 16.6 Å². The lowest BCUT2D eigenvalue weighted by Crippen LogP contribution is -2.28. The van der Waals surface area contributed by atoms with Crippen LogP contribution >= 0.6 is 11.6 Å². The normalized spacial score (nSPS) is 11.5. The SMILES string of the molecule is COc1ccc(S(=O)(=O)NCCNc2ccnc3cc(Cl)ccc23)cc1. The predicted molar refractivity (Wildman–Crippen MR) is 103 cm³/mol. The van der Waals surface area contributed by atoms with Crippen molar-refractivity contribution in [1.29, 1.82) is 0 Å². The smallest absolute Gasteiger partial charge is 0.240 e. The molecule has 0 saturated heterocycles. The van der Waals surface area contributed by atoms with Crippen LogP contribution < -0.4 is 14.8 Å². The number of nitrogens with zero attached hydrogens (tertiary/aromatic N) is 1. The Morgan fingerprint density at radius 1 is 1.08 bits per heavy atom. The maximum absolute atomic E-state index is 12.3. The Labute approximate surface area is 157 Å². The van der Waals surface area contributed by atoms with Crippen molar-refractivity contribution in [2.45, 2.75) is 4.90 Å². The Bertz CT molecular complexity index is 1010. The van der Waals surface area contributed by atoms with Crippen molar-refractivity contribution in [3.63, 3.8) is 0 Å². The summed E-state index contributed by atoms with van der Waals surface area (Å²) in [6.07, 6.45) is 1.68. The number of fused-ring (bicyclic) bond motifs is 1. The molecule has 1 aromatic heterocycles. The first-order valence-electron chi connectivity index (χ1n) is 7.91. The number of sulfonamides is 1. The monoisotopic (exact) mass is 391 g/mol. The number of ether oxygens (including phenoxy) is 1. The molecule has 136 valence electrons. The quantitative estimate of drug-likeness (QED) is 0.604. The van der Waals surface area contributed by atoms with Crippen LogP contribution in [0, 0.1) is 0 Å². The van der Waals surface area contributed by atoms with Gasteiger partial charge in [0.25, 0.3) is 0 Å². The fourth-order valence-electron chi connectivity index (χ4n) is 2.50. The maximum atomic E-state index is 12.3. The summed E-state index contributed by atoms with van der Waals surface area (Å²) in [5.41, 5.74) is 1.65. The number of hydrogen-bond acceptors (Lipinski definition) is 5. The molecule has 2 N–H and O–H groups in total. The van der Waals surface area contributed by atoms with Gasteiger partial charge in [-0.3, -0.25) is 4.98 Å². The van der Waals surface area contributed by atoms with E-state index in [-0.39, 0.29) is 11.4 Å². The molecule has 0 fully saturated rings. The molecule has 0 saturated carbocycles. The van der Waals surface area contributed by atoms with Gasteiger partial charge in [-0.15, -0.1) is 0 Å². The van der Waals surface area contributed by atoms with Gasteiger partial charge in [-0.1, -0.05) is 11.6 Å². The summed E-state index contributed by atoms with van der Waals surface area (Å²) in [6, 6.07) is 13.5. The minimum atomic E-state index is -3.56. The highest BCUT2D eigenvalue weighted by Gasteiger charge is 2.13. The summed E-state index contributed by atoms with van der Waals surface area (Å²) in [4.78, 5) is 4.47. The van der Waals surface area contributed by atoms with Gasteiger partial charge in [0.2, 0.25) is 10.0 Å². The van der Waals surface area contributed by atoms with Gasteiger partial charge in [0, 0.05) is 35.4 Å². The van der Waals surface area contributed by atoms with Crippen molar-refractivity contribution in [2.75, 3.05) is 25.5 Å². The minimum Gasteiger partial charge on any atom is -0.497 e. The van der Waals surface area contributed by atoms with Crippen molar-refractivity contribution >= 4 is 38.2 Å². The fourth-order valence-corrected chi connectivity index (χ4v) is 3.69. The Morgan fingerprint density at radius 2 is 1.85 bits per heavy atom. The lowest BCUT2D eigenvalue weighted by Gasteiger charge is -2.11. The Balaban J connectivity index is 1.61. The number of rotatable bonds is 7. The van der Waals surface area contributed by atoms with E-state index >= 15 is 0 Å². The molecule has 3 rings (SSSR count). The van der Waals surface area contributed by atoms with Gasteiger partial charge in [0.05, 0.1) is 17.5 Å². The molecule has 3 aromatic rings. The van der Waals surface area contributed by atoms with Gasteiger partial charge in [0.1, 0.15) is 5.75 Å². The number of aromatic nitrogens is 1. The van der Waals surface area contributed by atoms with Crippen molar-refractivity contribution in [3.05, 3.63) is 59.8 Å². The predicted octanol–water partition coefficient (Wildman–Crippen LogP) is 3.29. The van der Waals surface area contributed by atoms with Crippen LogP contribution in [0.1, 0.15) is 0 Å². The molecule has 0 aliphatic carbocycles. The summed E-state index contributed by atoms with van der Waals surface area (Å²) >= 11 is 5.98.